The lowest BCUT2D eigenvalue weighted by atomic mass is 9.84. The van der Waals surface area contributed by atoms with Crippen LogP contribution in [0.5, 0.6) is 0 Å². The highest BCUT2D eigenvalue weighted by molar-refractivity contribution is 8.00. The second-order valence-electron chi connectivity index (χ2n) is 5.91. The first-order valence-corrected chi connectivity index (χ1v) is 10.2. The number of rotatable bonds is 5. The molecule has 0 unspecified atom stereocenters. The Bertz CT molecular complexity index is 619. The predicted molar refractivity (Wildman–Crippen MR) is 88.5 cm³/mol. The third kappa shape index (κ3) is 3.07. The molecule has 1 heterocycles. The third-order valence-corrected chi connectivity index (χ3v) is 7.43. The van der Waals surface area contributed by atoms with Gasteiger partial charge in [0.15, 0.2) is 0 Å². The average Bonchev–Trinajstić information content (AvgIpc) is 2.46. The zero-order chi connectivity index (χ0) is 14.9. The summed E-state index contributed by atoms with van der Waals surface area (Å²) in [4.78, 5) is 0.367. The van der Waals surface area contributed by atoms with Crippen molar-refractivity contribution in [3.05, 3.63) is 23.8 Å². The fourth-order valence-corrected chi connectivity index (χ4v) is 5.10. The zero-order valence-electron chi connectivity index (χ0n) is 12.3. The molecule has 1 aliphatic carbocycles. The molecule has 0 bridgehead atoms. The summed E-state index contributed by atoms with van der Waals surface area (Å²) >= 11 is 1.78. The van der Waals surface area contributed by atoms with E-state index in [-0.39, 0.29) is 4.75 Å². The Labute approximate surface area is 131 Å². The molecule has 0 saturated heterocycles. The molecule has 1 saturated carbocycles. The molecule has 116 valence electrons. The van der Waals surface area contributed by atoms with E-state index in [9.17, 15) is 8.42 Å². The maximum Gasteiger partial charge on any atom is 0.240 e. The van der Waals surface area contributed by atoms with Gasteiger partial charge in [0.25, 0.3) is 0 Å². The molecule has 3 rings (SSSR count). The average molecular weight is 326 g/mol. The van der Waals surface area contributed by atoms with Gasteiger partial charge < -0.3 is 5.32 Å². The van der Waals surface area contributed by atoms with E-state index in [1.807, 2.05) is 6.07 Å². The van der Waals surface area contributed by atoms with Crippen molar-refractivity contribution in [2.24, 2.45) is 0 Å². The van der Waals surface area contributed by atoms with Crippen molar-refractivity contribution in [3.8, 4) is 0 Å². The van der Waals surface area contributed by atoms with Gasteiger partial charge in [0, 0.05) is 23.5 Å². The van der Waals surface area contributed by atoms with Crippen LogP contribution in [0, 0.1) is 0 Å². The van der Waals surface area contributed by atoms with Crippen molar-refractivity contribution in [1.82, 2.24) is 4.72 Å². The van der Waals surface area contributed by atoms with Crippen LogP contribution in [0.3, 0.4) is 0 Å². The van der Waals surface area contributed by atoms with Gasteiger partial charge in [0.05, 0.1) is 4.90 Å². The second-order valence-corrected chi connectivity index (χ2v) is 8.96. The third-order valence-electron chi connectivity index (χ3n) is 4.61. The van der Waals surface area contributed by atoms with E-state index in [1.54, 1.807) is 23.9 Å². The van der Waals surface area contributed by atoms with Gasteiger partial charge in [-0.1, -0.05) is 12.5 Å². The number of fused-ring (bicyclic) bond motifs is 1. The Kier molecular flexibility index (Phi) is 4.21. The maximum atomic E-state index is 12.5. The van der Waals surface area contributed by atoms with Crippen molar-refractivity contribution in [1.29, 1.82) is 0 Å². The molecule has 6 heteroatoms. The van der Waals surface area contributed by atoms with E-state index < -0.39 is 10.0 Å². The number of sulfonamides is 1. The van der Waals surface area contributed by atoms with Crippen molar-refractivity contribution in [3.63, 3.8) is 0 Å². The first kappa shape index (κ1) is 15.2. The lowest BCUT2D eigenvalue weighted by Crippen LogP contribution is -2.45. The quantitative estimate of drug-likeness (QED) is 0.873. The van der Waals surface area contributed by atoms with Gasteiger partial charge in [-0.25, -0.2) is 13.1 Å². The zero-order valence-corrected chi connectivity index (χ0v) is 13.9. The topological polar surface area (TPSA) is 58.2 Å². The SMILES string of the molecule is CSC1(CNS(=O)(=O)c2ccc3c(c2)NCCC3)CCC1. The Morgan fingerprint density at radius 1 is 1.33 bits per heavy atom. The van der Waals surface area contributed by atoms with Gasteiger partial charge in [-0.05, 0) is 49.6 Å². The number of anilines is 1. The van der Waals surface area contributed by atoms with Crippen LogP contribution in [-0.2, 0) is 16.4 Å². The molecule has 0 aromatic heterocycles. The van der Waals surface area contributed by atoms with Crippen molar-refractivity contribution < 1.29 is 8.42 Å². The highest BCUT2D eigenvalue weighted by Gasteiger charge is 2.37. The van der Waals surface area contributed by atoms with Gasteiger partial charge in [-0.15, -0.1) is 0 Å². The molecule has 1 aliphatic heterocycles. The van der Waals surface area contributed by atoms with Crippen LogP contribution >= 0.6 is 11.8 Å². The number of hydrogen-bond acceptors (Lipinski definition) is 4. The summed E-state index contributed by atoms with van der Waals surface area (Å²) in [6.07, 6.45) is 7.59. The van der Waals surface area contributed by atoms with Crippen LogP contribution < -0.4 is 10.0 Å². The summed E-state index contributed by atoms with van der Waals surface area (Å²) in [7, 11) is -3.42. The number of hydrogen-bond donors (Lipinski definition) is 2. The second kappa shape index (κ2) is 5.82. The van der Waals surface area contributed by atoms with Crippen LogP contribution in [0.15, 0.2) is 23.1 Å². The lowest BCUT2D eigenvalue weighted by Gasteiger charge is -2.40. The summed E-state index contributed by atoms with van der Waals surface area (Å²) in [6.45, 7) is 1.44. The molecule has 0 spiro atoms. The number of nitrogens with one attached hydrogen (secondary N) is 2. The van der Waals surface area contributed by atoms with E-state index in [0.717, 1.165) is 37.9 Å². The van der Waals surface area contributed by atoms with Crippen LogP contribution in [0.1, 0.15) is 31.2 Å². The highest BCUT2D eigenvalue weighted by atomic mass is 32.2. The van der Waals surface area contributed by atoms with E-state index in [4.69, 9.17) is 0 Å². The molecule has 21 heavy (non-hydrogen) atoms. The van der Waals surface area contributed by atoms with Gasteiger partial charge >= 0.3 is 0 Å². The predicted octanol–water partition coefficient (Wildman–Crippen LogP) is 2.61. The molecule has 1 aromatic rings. The maximum absolute atomic E-state index is 12.5. The van der Waals surface area contributed by atoms with Gasteiger partial charge in [-0.2, -0.15) is 11.8 Å². The standard InChI is InChI=1S/C15H22N2O2S2/c1-20-15(7-3-8-15)11-17-21(18,19)13-6-5-12-4-2-9-16-14(12)10-13/h5-6,10,16-17H,2-4,7-9,11H2,1H3. The number of benzene rings is 1. The fraction of sp³-hybridized carbons (Fsp3) is 0.600. The monoisotopic (exact) mass is 326 g/mol. The van der Waals surface area contributed by atoms with E-state index >= 15 is 0 Å². The molecular formula is C15H22N2O2S2. The smallest absolute Gasteiger partial charge is 0.240 e. The Balaban J connectivity index is 1.75. The molecule has 0 radical (unpaired) electrons. The Morgan fingerprint density at radius 3 is 2.81 bits per heavy atom. The summed E-state index contributed by atoms with van der Waals surface area (Å²) in [5, 5.41) is 3.28. The first-order chi connectivity index (χ1) is 10.0. The largest absolute Gasteiger partial charge is 0.385 e. The van der Waals surface area contributed by atoms with Crippen LogP contribution in [0.4, 0.5) is 5.69 Å². The minimum atomic E-state index is -3.42. The highest BCUT2D eigenvalue weighted by Crippen LogP contribution is 2.42. The molecular weight excluding hydrogens is 304 g/mol. The van der Waals surface area contributed by atoms with Crippen LogP contribution in [0.25, 0.3) is 0 Å². The van der Waals surface area contributed by atoms with E-state index in [2.05, 4.69) is 16.3 Å². The van der Waals surface area contributed by atoms with Crippen molar-refractivity contribution in [2.45, 2.75) is 41.7 Å². The molecule has 0 amide bonds. The molecule has 2 N–H and O–H groups in total. The summed E-state index contributed by atoms with van der Waals surface area (Å²) in [6, 6.07) is 5.42. The molecule has 1 fully saturated rings. The van der Waals surface area contributed by atoms with Crippen molar-refractivity contribution >= 4 is 27.5 Å². The van der Waals surface area contributed by atoms with Crippen molar-refractivity contribution in [2.75, 3.05) is 24.7 Å². The molecule has 4 nitrogen and oxygen atoms in total. The minimum Gasteiger partial charge on any atom is -0.385 e. The van der Waals surface area contributed by atoms with Crippen LogP contribution in [0.2, 0.25) is 0 Å². The fourth-order valence-electron chi connectivity index (χ4n) is 2.94. The number of thioether (sulfide) groups is 1. The van der Waals surface area contributed by atoms with E-state index in [0.29, 0.717) is 11.4 Å². The molecule has 0 atom stereocenters. The minimum absolute atomic E-state index is 0.111. The Morgan fingerprint density at radius 2 is 2.14 bits per heavy atom. The van der Waals surface area contributed by atoms with Gasteiger partial charge in [0.2, 0.25) is 10.0 Å². The molecule has 2 aliphatic rings. The van der Waals surface area contributed by atoms with Gasteiger partial charge in [0.1, 0.15) is 0 Å². The first-order valence-electron chi connectivity index (χ1n) is 7.46. The lowest BCUT2D eigenvalue weighted by molar-refractivity contribution is 0.362. The van der Waals surface area contributed by atoms with Crippen LogP contribution in [-0.4, -0.2) is 32.5 Å². The normalized spacial score (nSPS) is 20.2. The summed E-state index contributed by atoms with van der Waals surface area (Å²) in [5.41, 5.74) is 2.17. The summed E-state index contributed by atoms with van der Waals surface area (Å²) in [5.74, 6) is 0. The van der Waals surface area contributed by atoms with E-state index in [1.165, 1.54) is 12.0 Å². The van der Waals surface area contributed by atoms with Gasteiger partial charge in [-0.3, -0.25) is 0 Å². The molecule has 1 aromatic carbocycles. The number of aryl methyl sites for hydroxylation is 1. The Hall–Kier alpha value is -0.720. The summed E-state index contributed by atoms with van der Waals surface area (Å²) < 4.78 is 27.9.